The Morgan fingerprint density at radius 3 is 2.61 bits per heavy atom. The average molecular weight is 275 g/mol. The van der Waals surface area contributed by atoms with Gasteiger partial charge in [0.2, 0.25) is 0 Å². The second-order valence-electron chi connectivity index (χ2n) is 4.20. The third kappa shape index (κ3) is 3.08. The molecule has 1 aromatic rings. The lowest BCUT2D eigenvalue weighted by atomic mass is 10.1. The average Bonchev–Trinajstić information content (AvgIpc) is 2.73. The standard InChI is InChI=1S/C10H17N3O4S/c1-4-13-6-11-5-8(13)18(16,17)12-9(7(2)3)10(14)15/h5-7,9,12H,4H2,1-3H3,(H,14,15)/t9-/m1/s1. The van der Waals surface area contributed by atoms with E-state index in [1.54, 1.807) is 20.8 Å². The summed E-state index contributed by atoms with van der Waals surface area (Å²) in [5.74, 6) is -1.55. The van der Waals surface area contributed by atoms with Gasteiger partial charge in [0.25, 0.3) is 10.0 Å². The summed E-state index contributed by atoms with van der Waals surface area (Å²) in [5, 5.41) is 8.95. The quantitative estimate of drug-likeness (QED) is 0.777. The molecule has 0 saturated carbocycles. The van der Waals surface area contributed by atoms with Crippen LogP contribution in [0.2, 0.25) is 0 Å². The predicted molar refractivity (Wildman–Crippen MR) is 64.5 cm³/mol. The van der Waals surface area contributed by atoms with Gasteiger partial charge in [0, 0.05) is 6.54 Å². The molecule has 0 amide bonds. The van der Waals surface area contributed by atoms with Crippen LogP contribution < -0.4 is 4.72 Å². The van der Waals surface area contributed by atoms with Crippen molar-refractivity contribution in [1.82, 2.24) is 14.3 Å². The molecule has 7 nitrogen and oxygen atoms in total. The number of aryl methyl sites for hydroxylation is 1. The highest BCUT2D eigenvalue weighted by molar-refractivity contribution is 7.89. The fourth-order valence-electron chi connectivity index (χ4n) is 1.47. The number of aliphatic carboxylic acids is 1. The SMILES string of the molecule is CCn1cncc1S(=O)(=O)N[C@@H](C(=O)O)C(C)C. The number of imidazole rings is 1. The van der Waals surface area contributed by atoms with Crippen molar-refractivity contribution in [2.75, 3.05) is 0 Å². The van der Waals surface area contributed by atoms with E-state index in [4.69, 9.17) is 5.11 Å². The van der Waals surface area contributed by atoms with Crippen LogP contribution in [0.1, 0.15) is 20.8 Å². The molecule has 0 aromatic carbocycles. The van der Waals surface area contributed by atoms with Gasteiger partial charge in [-0.3, -0.25) is 4.79 Å². The number of nitrogens with one attached hydrogen (secondary N) is 1. The van der Waals surface area contributed by atoms with Crippen LogP contribution in [0.4, 0.5) is 0 Å². The van der Waals surface area contributed by atoms with Crippen molar-refractivity contribution in [1.29, 1.82) is 0 Å². The van der Waals surface area contributed by atoms with Crippen LogP contribution in [0.15, 0.2) is 17.6 Å². The zero-order valence-corrected chi connectivity index (χ0v) is 11.3. The van der Waals surface area contributed by atoms with Crippen LogP contribution >= 0.6 is 0 Å². The minimum atomic E-state index is -3.88. The summed E-state index contributed by atoms with van der Waals surface area (Å²) < 4.78 is 27.7. The van der Waals surface area contributed by atoms with Gasteiger partial charge < -0.3 is 9.67 Å². The first-order valence-electron chi connectivity index (χ1n) is 5.54. The topological polar surface area (TPSA) is 101 Å². The number of hydrogen-bond acceptors (Lipinski definition) is 4. The van der Waals surface area contributed by atoms with Gasteiger partial charge in [-0.05, 0) is 12.8 Å². The molecule has 0 aliphatic carbocycles. The summed E-state index contributed by atoms with van der Waals surface area (Å²) in [4.78, 5) is 14.7. The highest BCUT2D eigenvalue weighted by Gasteiger charge is 2.29. The molecule has 2 N–H and O–H groups in total. The van der Waals surface area contributed by atoms with Gasteiger partial charge in [0.05, 0.1) is 12.5 Å². The van der Waals surface area contributed by atoms with Crippen molar-refractivity contribution in [2.24, 2.45) is 5.92 Å². The maximum Gasteiger partial charge on any atom is 0.322 e. The Bertz CT molecular complexity index is 521. The molecule has 0 aliphatic rings. The number of carboxylic acid groups (broad SMARTS) is 1. The fourth-order valence-corrected chi connectivity index (χ4v) is 2.98. The van der Waals surface area contributed by atoms with Crippen LogP contribution in [-0.4, -0.2) is 35.1 Å². The van der Waals surface area contributed by atoms with Gasteiger partial charge >= 0.3 is 5.97 Å². The summed E-state index contributed by atoms with van der Waals surface area (Å²) in [5.41, 5.74) is 0. The van der Waals surface area contributed by atoms with Crippen LogP contribution in [0.3, 0.4) is 0 Å². The molecule has 0 saturated heterocycles. The largest absolute Gasteiger partial charge is 0.480 e. The highest BCUT2D eigenvalue weighted by atomic mass is 32.2. The summed E-state index contributed by atoms with van der Waals surface area (Å²) in [6, 6.07) is -1.16. The normalized spacial score (nSPS) is 13.8. The molecule has 8 heteroatoms. The van der Waals surface area contributed by atoms with Gasteiger partial charge in [-0.1, -0.05) is 13.8 Å². The molecule has 0 fully saturated rings. The molecule has 1 rings (SSSR count). The van der Waals surface area contributed by atoms with Crippen LogP contribution in [0, 0.1) is 5.92 Å². The first-order valence-corrected chi connectivity index (χ1v) is 7.03. The van der Waals surface area contributed by atoms with Crippen LogP contribution in [0.25, 0.3) is 0 Å². The minimum Gasteiger partial charge on any atom is -0.480 e. The molecule has 18 heavy (non-hydrogen) atoms. The second kappa shape index (κ2) is 5.49. The van der Waals surface area contributed by atoms with Crippen LogP contribution in [0.5, 0.6) is 0 Å². The third-order valence-electron chi connectivity index (χ3n) is 2.50. The fraction of sp³-hybridized carbons (Fsp3) is 0.600. The third-order valence-corrected chi connectivity index (χ3v) is 3.96. The van der Waals surface area contributed by atoms with E-state index >= 15 is 0 Å². The van der Waals surface area contributed by atoms with E-state index in [9.17, 15) is 13.2 Å². The summed E-state index contributed by atoms with van der Waals surface area (Å²) in [6.45, 7) is 5.49. The van der Waals surface area contributed by atoms with E-state index in [0.717, 1.165) is 0 Å². The highest BCUT2D eigenvalue weighted by Crippen LogP contribution is 2.11. The number of carboxylic acids is 1. The lowest BCUT2D eigenvalue weighted by Crippen LogP contribution is -2.44. The molecule has 0 spiro atoms. The van der Waals surface area contributed by atoms with E-state index in [1.807, 2.05) is 0 Å². The number of aromatic nitrogens is 2. The summed E-state index contributed by atoms with van der Waals surface area (Å²) in [6.07, 6.45) is 2.59. The number of carbonyl (C=O) groups is 1. The maximum absolute atomic E-state index is 12.1. The van der Waals surface area contributed by atoms with Crippen LogP contribution in [-0.2, 0) is 21.4 Å². The Kier molecular flexibility index (Phi) is 4.47. The molecule has 0 aliphatic heterocycles. The molecule has 0 bridgehead atoms. The number of nitrogens with zero attached hydrogens (tertiary/aromatic N) is 2. The number of rotatable bonds is 6. The summed E-state index contributed by atoms with van der Waals surface area (Å²) >= 11 is 0. The molecule has 1 aromatic heterocycles. The van der Waals surface area contributed by atoms with Gasteiger partial charge in [0.15, 0.2) is 5.03 Å². The summed E-state index contributed by atoms with van der Waals surface area (Å²) in [7, 11) is -3.88. The molecular formula is C10H17N3O4S. The van der Waals surface area contributed by atoms with Gasteiger partial charge in [0.1, 0.15) is 6.04 Å². The van der Waals surface area contributed by atoms with E-state index in [1.165, 1.54) is 17.1 Å². The van der Waals surface area contributed by atoms with E-state index in [2.05, 4.69) is 9.71 Å². The van der Waals surface area contributed by atoms with Gasteiger partial charge in [-0.15, -0.1) is 0 Å². The Hall–Kier alpha value is -1.41. The maximum atomic E-state index is 12.1. The zero-order chi connectivity index (χ0) is 13.9. The number of sulfonamides is 1. The van der Waals surface area contributed by atoms with Crippen molar-refractivity contribution in [2.45, 2.75) is 38.4 Å². The Morgan fingerprint density at radius 1 is 1.56 bits per heavy atom. The van der Waals surface area contributed by atoms with Crippen molar-refractivity contribution in [3.63, 3.8) is 0 Å². The van der Waals surface area contributed by atoms with Crippen molar-refractivity contribution in [3.8, 4) is 0 Å². The van der Waals surface area contributed by atoms with Crippen molar-refractivity contribution >= 4 is 16.0 Å². The second-order valence-corrected chi connectivity index (χ2v) is 5.86. The molecule has 0 unspecified atom stereocenters. The first-order chi connectivity index (χ1) is 8.29. The first kappa shape index (κ1) is 14.7. The Labute approximate surface area is 106 Å². The van der Waals surface area contributed by atoms with Gasteiger partial charge in [-0.2, -0.15) is 4.72 Å². The minimum absolute atomic E-state index is 0.0306. The Morgan fingerprint density at radius 2 is 2.17 bits per heavy atom. The predicted octanol–water partition coefficient (Wildman–Crippen LogP) is 0.290. The zero-order valence-electron chi connectivity index (χ0n) is 10.5. The molecule has 1 heterocycles. The Balaban J connectivity index is 3.05. The monoisotopic (exact) mass is 275 g/mol. The lowest BCUT2D eigenvalue weighted by Gasteiger charge is -2.18. The van der Waals surface area contributed by atoms with Crippen molar-refractivity contribution in [3.05, 3.63) is 12.5 Å². The molecule has 1 atom stereocenters. The van der Waals surface area contributed by atoms with E-state index in [0.29, 0.717) is 6.54 Å². The number of hydrogen-bond donors (Lipinski definition) is 2. The van der Waals surface area contributed by atoms with E-state index < -0.39 is 22.0 Å². The van der Waals surface area contributed by atoms with Gasteiger partial charge in [-0.25, -0.2) is 13.4 Å². The molecular weight excluding hydrogens is 258 g/mol. The van der Waals surface area contributed by atoms with E-state index in [-0.39, 0.29) is 10.9 Å². The molecule has 102 valence electrons. The smallest absolute Gasteiger partial charge is 0.322 e. The van der Waals surface area contributed by atoms with Crippen molar-refractivity contribution < 1.29 is 18.3 Å². The molecule has 0 radical (unpaired) electrons. The lowest BCUT2D eigenvalue weighted by molar-refractivity contribution is -0.140.